The zero-order valence-corrected chi connectivity index (χ0v) is 9.56. The molecule has 0 amide bonds. The fourth-order valence-electron chi connectivity index (χ4n) is 1.02. The van der Waals surface area contributed by atoms with Gasteiger partial charge in [0.1, 0.15) is 0 Å². The van der Waals surface area contributed by atoms with Crippen LogP contribution in [0.2, 0.25) is 0 Å². The highest BCUT2D eigenvalue weighted by Gasteiger charge is 1.99. The highest BCUT2D eigenvalue weighted by molar-refractivity contribution is 5.81. The molecule has 0 unspecified atom stereocenters. The Balaban J connectivity index is 3.69. The molecular weight excluding hydrogens is 208 g/mol. The van der Waals surface area contributed by atoms with Crippen molar-refractivity contribution in [2.45, 2.75) is 25.8 Å². The van der Waals surface area contributed by atoms with Gasteiger partial charge in [-0.1, -0.05) is 6.08 Å². The number of guanidine groups is 1. The van der Waals surface area contributed by atoms with Crippen LogP contribution in [0.25, 0.3) is 0 Å². The number of nitrogens with zero attached hydrogens (tertiary/aromatic N) is 1. The third-order valence-corrected chi connectivity index (χ3v) is 1.76. The van der Waals surface area contributed by atoms with Crippen LogP contribution in [0.15, 0.2) is 17.1 Å². The Morgan fingerprint density at radius 2 is 2.19 bits per heavy atom. The first kappa shape index (κ1) is 14.4. The topological polar surface area (TPSA) is 117 Å². The molecule has 0 saturated heterocycles. The minimum atomic E-state index is -0.373. The predicted octanol–water partition coefficient (Wildman–Crippen LogP) is -0.513. The summed E-state index contributed by atoms with van der Waals surface area (Å²) in [5.41, 5.74) is 16.1. The van der Waals surface area contributed by atoms with Gasteiger partial charge in [0.2, 0.25) is 0 Å². The van der Waals surface area contributed by atoms with Crippen LogP contribution >= 0.6 is 0 Å². The SMILES string of the molecule is CCOC(=O)/C=C/[C@@H](N)CCCN=C(N)N. The molecule has 0 bridgehead atoms. The molecule has 0 aromatic rings. The van der Waals surface area contributed by atoms with Crippen molar-refractivity contribution >= 4 is 11.9 Å². The van der Waals surface area contributed by atoms with Crippen molar-refractivity contribution in [2.75, 3.05) is 13.2 Å². The molecule has 6 nitrogen and oxygen atoms in total. The van der Waals surface area contributed by atoms with E-state index in [1.165, 1.54) is 6.08 Å². The highest BCUT2D eigenvalue weighted by atomic mass is 16.5. The molecule has 0 aliphatic heterocycles. The molecule has 0 rings (SSSR count). The van der Waals surface area contributed by atoms with Crippen LogP contribution in [0.3, 0.4) is 0 Å². The van der Waals surface area contributed by atoms with Crippen LogP contribution in [0.1, 0.15) is 19.8 Å². The van der Waals surface area contributed by atoms with Gasteiger partial charge in [-0.05, 0) is 19.8 Å². The van der Waals surface area contributed by atoms with Gasteiger partial charge in [-0.2, -0.15) is 0 Å². The summed E-state index contributed by atoms with van der Waals surface area (Å²) in [7, 11) is 0. The Labute approximate surface area is 95.5 Å². The quantitative estimate of drug-likeness (QED) is 0.178. The molecule has 0 aliphatic carbocycles. The van der Waals surface area contributed by atoms with E-state index >= 15 is 0 Å². The zero-order valence-electron chi connectivity index (χ0n) is 9.56. The van der Waals surface area contributed by atoms with Gasteiger partial charge in [0.15, 0.2) is 5.96 Å². The summed E-state index contributed by atoms with van der Waals surface area (Å²) < 4.78 is 4.71. The molecule has 0 spiro atoms. The van der Waals surface area contributed by atoms with Gasteiger partial charge in [-0.25, -0.2) is 4.79 Å². The number of nitrogens with two attached hydrogens (primary N) is 3. The van der Waals surface area contributed by atoms with Gasteiger partial charge < -0.3 is 21.9 Å². The summed E-state index contributed by atoms with van der Waals surface area (Å²) in [6.45, 7) is 2.66. The van der Waals surface area contributed by atoms with Crippen LogP contribution in [-0.2, 0) is 9.53 Å². The number of carbonyl (C=O) groups is 1. The fraction of sp³-hybridized carbons (Fsp3) is 0.600. The second-order valence-electron chi connectivity index (χ2n) is 3.22. The molecule has 6 N–H and O–H groups in total. The summed E-state index contributed by atoms with van der Waals surface area (Å²) in [4.78, 5) is 14.8. The van der Waals surface area contributed by atoms with Crippen molar-refractivity contribution in [1.82, 2.24) is 0 Å². The zero-order chi connectivity index (χ0) is 12.4. The van der Waals surface area contributed by atoms with Crippen LogP contribution < -0.4 is 17.2 Å². The maximum absolute atomic E-state index is 10.9. The lowest BCUT2D eigenvalue weighted by Crippen LogP contribution is -2.23. The van der Waals surface area contributed by atoms with E-state index in [4.69, 9.17) is 21.9 Å². The summed E-state index contributed by atoms with van der Waals surface area (Å²) in [6.07, 6.45) is 4.45. The predicted molar refractivity (Wildman–Crippen MR) is 63.7 cm³/mol. The van der Waals surface area contributed by atoms with Gasteiger partial charge in [0, 0.05) is 18.7 Å². The van der Waals surface area contributed by atoms with E-state index in [9.17, 15) is 4.79 Å². The Morgan fingerprint density at radius 3 is 2.75 bits per heavy atom. The second-order valence-corrected chi connectivity index (χ2v) is 3.22. The summed E-state index contributed by atoms with van der Waals surface area (Å²) in [5.74, 6) is -0.294. The first-order valence-corrected chi connectivity index (χ1v) is 5.22. The van der Waals surface area contributed by atoms with Gasteiger partial charge >= 0.3 is 5.97 Å². The van der Waals surface area contributed by atoms with Crippen molar-refractivity contribution < 1.29 is 9.53 Å². The third kappa shape index (κ3) is 9.01. The average Bonchev–Trinajstić information content (AvgIpc) is 2.22. The molecule has 0 aliphatic rings. The number of ether oxygens (including phenoxy) is 1. The minimum absolute atomic E-state index is 0.0793. The van der Waals surface area contributed by atoms with E-state index in [-0.39, 0.29) is 18.0 Å². The molecule has 0 aromatic carbocycles. The van der Waals surface area contributed by atoms with Crippen LogP contribution in [-0.4, -0.2) is 31.1 Å². The van der Waals surface area contributed by atoms with Crippen molar-refractivity contribution in [3.63, 3.8) is 0 Å². The lowest BCUT2D eigenvalue weighted by Gasteiger charge is -2.04. The van der Waals surface area contributed by atoms with E-state index < -0.39 is 0 Å². The minimum Gasteiger partial charge on any atom is -0.463 e. The standard InChI is InChI=1S/C10H20N4O2/c1-2-16-9(15)6-5-8(11)4-3-7-14-10(12)13/h5-6,8H,2-4,7,11H2,1H3,(H4,12,13,14)/b6-5+/t8-/m0/s1. The fourth-order valence-corrected chi connectivity index (χ4v) is 1.02. The van der Waals surface area contributed by atoms with E-state index in [1.54, 1.807) is 13.0 Å². The van der Waals surface area contributed by atoms with Crippen LogP contribution in [0.4, 0.5) is 0 Å². The number of carbonyl (C=O) groups excluding carboxylic acids is 1. The van der Waals surface area contributed by atoms with Gasteiger partial charge in [0.05, 0.1) is 6.61 Å². The maximum atomic E-state index is 10.9. The Kier molecular flexibility index (Phi) is 7.87. The Hall–Kier alpha value is -1.56. The smallest absolute Gasteiger partial charge is 0.330 e. The number of hydrogen-bond donors (Lipinski definition) is 3. The number of esters is 1. The van der Waals surface area contributed by atoms with E-state index in [0.717, 1.165) is 6.42 Å². The van der Waals surface area contributed by atoms with Gasteiger partial charge in [0.25, 0.3) is 0 Å². The molecular formula is C10H20N4O2. The summed E-state index contributed by atoms with van der Waals surface area (Å²) in [5, 5.41) is 0. The Morgan fingerprint density at radius 1 is 1.50 bits per heavy atom. The second kappa shape index (κ2) is 8.72. The highest BCUT2D eigenvalue weighted by Crippen LogP contribution is 1.97. The normalized spacial score (nSPS) is 12.4. The van der Waals surface area contributed by atoms with Gasteiger partial charge in [-0.3, -0.25) is 4.99 Å². The first-order chi connectivity index (χ1) is 7.56. The molecule has 0 saturated carbocycles. The molecule has 0 heterocycles. The number of rotatable bonds is 7. The van der Waals surface area contributed by atoms with Crippen molar-refractivity contribution in [3.8, 4) is 0 Å². The van der Waals surface area contributed by atoms with Crippen molar-refractivity contribution in [3.05, 3.63) is 12.2 Å². The Bertz CT molecular complexity index is 260. The lowest BCUT2D eigenvalue weighted by atomic mass is 10.1. The van der Waals surface area contributed by atoms with Gasteiger partial charge in [-0.15, -0.1) is 0 Å². The number of hydrogen-bond acceptors (Lipinski definition) is 4. The monoisotopic (exact) mass is 228 g/mol. The first-order valence-electron chi connectivity index (χ1n) is 5.22. The van der Waals surface area contributed by atoms with Crippen molar-refractivity contribution in [2.24, 2.45) is 22.2 Å². The largest absolute Gasteiger partial charge is 0.463 e. The third-order valence-electron chi connectivity index (χ3n) is 1.76. The number of aliphatic imine (C=N–C) groups is 1. The molecule has 0 aromatic heterocycles. The van der Waals surface area contributed by atoms with E-state index in [1.807, 2.05) is 0 Å². The lowest BCUT2D eigenvalue weighted by molar-refractivity contribution is -0.137. The van der Waals surface area contributed by atoms with Crippen LogP contribution in [0.5, 0.6) is 0 Å². The summed E-state index contributed by atoms with van der Waals surface area (Å²) in [6, 6.07) is -0.182. The van der Waals surface area contributed by atoms with E-state index in [2.05, 4.69) is 4.99 Å². The molecule has 6 heteroatoms. The average molecular weight is 228 g/mol. The molecule has 0 radical (unpaired) electrons. The molecule has 1 atom stereocenters. The molecule has 92 valence electrons. The maximum Gasteiger partial charge on any atom is 0.330 e. The van der Waals surface area contributed by atoms with Crippen molar-refractivity contribution in [1.29, 1.82) is 0 Å². The molecule has 16 heavy (non-hydrogen) atoms. The van der Waals surface area contributed by atoms with E-state index in [0.29, 0.717) is 19.6 Å². The summed E-state index contributed by atoms with van der Waals surface area (Å²) >= 11 is 0. The van der Waals surface area contributed by atoms with Crippen LogP contribution in [0, 0.1) is 0 Å². The molecule has 0 fully saturated rings.